The standard InChI is InChI=1S/C22H20Cl3NO3/c1-12-3-4-14-17(27)11-22(29-20(14)13(12)2)7-9-26(10-8-22)21(28)18-15(23)5-6-16(24)19(18)25/h3-6H,7-11H2,1-2H3. The van der Waals surface area contributed by atoms with Gasteiger partial charge in [-0.1, -0.05) is 40.9 Å². The smallest absolute Gasteiger partial charge is 0.256 e. The molecule has 0 unspecified atom stereocenters. The second-order valence-corrected chi connectivity index (χ2v) is 8.97. The van der Waals surface area contributed by atoms with Crippen LogP contribution in [0.1, 0.15) is 51.1 Å². The summed E-state index contributed by atoms with van der Waals surface area (Å²) in [6.45, 7) is 4.88. The van der Waals surface area contributed by atoms with Gasteiger partial charge in [0.1, 0.15) is 11.4 Å². The number of halogens is 3. The highest BCUT2D eigenvalue weighted by molar-refractivity contribution is 6.46. The van der Waals surface area contributed by atoms with Crippen molar-refractivity contribution in [1.82, 2.24) is 4.90 Å². The van der Waals surface area contributed by atoms with Gasteiger partial charge in [-0.15, -0.1) is 0 Å². The van der Waals surface area contributed by atoms with Crippen LogP contribution in [-0.2, 0) is 0 Å². The van der Waals surface area contributed by atoms with E-state index in [4.69, 9.17) is 39.5 Å². The minimum Gasteiger partial charge on any atom is -0.486 e. The first-order valence-electron chi connectivity index (χ1n) is 9.48. The predicted octanol–water partition coefficient (Wildman–Crippen LogP) is 5.90. The summed E-state index contributed by atoms with van der Waals surface area (Å²) >= 11 is 18.5. The maximum Gasteiger partial charge on any atom is 0.256 e. The Labute approximate surface area is 184 Å². The van der Waals surface area contributed by atoms with E-state index in [0.717, 1.165) is 11.1 Å². The van der Waals surface area contributed by atoms with Gasteiger partial charge < -0.3 is 9.64 Å². The number of benzene rings is 2. The summed E-state index contributed by atoms with van der Waals surface area (Å²) in [7, 11) is 0. The van der Waals surface area contributed by atoms with Crippen molar-refractivity contribution in [1.29, 1.82) is 0 Å². The van der Waals surface area contributed by atoms with E-state index in [0.29, 0.717) is 43.7 Å². The number of hydrogen-bond donors (Lipinski definition) is 0. The van der Waals surface area contributed by atoms with Gasteiger partial charge in [-0.3, -0.25) is 9.59 Å². The van der Waals surface area contributed by atoms with Crippen LogP contribution in [0.3, 0.4) is 0 Å². The number of fused-ring (bicyclic) bond motifs is 1. The molecular formula is C22H20Cl3NO3. The molecule has 29 heavy (non-hydrogen) atoms. The highest BCUT2D eigenvalue weighted by Gasteiger charge is 2.44. The van der Waals surface area contributed by atoms with Gasteiger partial charge in [0.2, 0.25) is 0 Å². The highest BCUT2D eigenvalue weighted by Crippen LogP contribution is 2.42. The molecule has 7 heteroatoms. The van der Waals surface area contributed by atoms with E-state index in [1.165, 1.54) is 0 Å². The number of ether oxygens (including phenoxy) is 1. The molecule has 0 atom stereocenters. The molecule has 2 heterocycles. The van der Waals surface area contributed by atoms with Crippen LogP contribution >= 0.6 is 34.8 Å². The number of aryl methyl sites for hydroxylation is 1. The molecule has 1 saturated heterocycles. The number of nitrogens with zero attached hydrogens (tertiary/aromatic N) is 1. The van der Waals surface area contributed by atoms with E-state index < -0.39 is 5.60 Å². The molecule has 2 aromatic carbocycles. The van der Waals surface area contributed by atoms with Crippen LogP contribution in [0.4, 0.5) is 0 Å². The molecule has 0 radical (unpaired) electrons. The van der Waals surface area contributed by atoms with Crippen molar-refractivity contribution >= 4 is 46.5 Å². The Balaban J connectivity index is 1.56. The number of carbonyl (C=O) groups excluding carboxylic acids is 2. The molecule has 1 spiro atoms. The summed E-state index contributed by atoms with van der Waals surface area (Å²) in [5.41, 5.74) is 2.36. The SMILES string of the molecule is Cc1ccc2c(c1C)OC1(CCN(C(=O)c3c(Cl)ccc(Cl)c3Cl)CC1)CC2=O. The van der Waals surface area contributed by atoms with Crippen molar-refractivity contribution in [3.63, 3.8) is 0 Å². The Hall–Kier alpha value is -1.75. The average Bonchev–Trinajstić information content (AvgIpc) is 2.69. The molecule has 2 aromatic rings. The molecule has 4 rings (SSSR count). The zero-order valence-electron chi connectivity index (χ0n) is 16.2. The van der Waals surface area contributed by atoms with Crippen LogP contribution < -0.4 is 4.74 Å². The normalized spacial score (nSPS) is 17.8. The van der Waals surface area contributed by atoms with Crippen LogP contribution in [0.2, 0.25) is 15.1 Å². The quantitative estimate of drug-likeness (QED) is 0.506. The first-order chi connectivity index (χ1) is 13.7. The van der Waals surface area contributed by atoms with E-state index >= 15 is 0 Å². The maximum atomic E-state index is 13.0. The van der Waals surface area contributed by atoms with Crippen molar-refractivity contribution in [2.75, 3.05) is 13.1 Å². The number of carbonyl (C=O) groups is 2. The summed E-state index contributed by atoms with van der Waals surface area (Å²) in [5.74, 6) is 0.518. The van der Waals surface area contributed by atoms with Gasteiger partial charge in [0.15, 0.2) is 5.78 Å². The van der Waals surface area contributed by atoms with Crippen molar-refractivity contribution in [3.8, 4) is 5.75 Å². The minimum atomic E-state index is -0.582. The molecule has 0 aliphatic carbocycles. The zero-order valence-corrected chi connectivity index (χ0v) is 18.4. The first-order valence-corrected chi connectivity index (χ1v) is 10.6. The van der Waals surface area contributed by atoms with Crippen molar-refractivity contribution in [2.45, 2.75) is 38.7 Å². The Kier molecular flexibility index (Phi) is 5.30. The van der Waals surface area contributed by atoms with Crippen molar-refractivity contribution in [2.24, 2.45) is 0 Å². The lowest BCUT2D eigenvalue weighted by molar-refractivity contribution is -0.00619. The van der Waals surface area contributed by atoms with Crippen LogP contribution in [0.25, 0.3) is 0 Å². The summed E-state index contributed by atoms with van der Waals surface area (Å²) < 4.78 is 6.41. The molecule has 0 N–H and O–H groups in total. The van der Waals surface area contributed by atoms with E-state index in [9.17, 15) is 9.59 Å². The van der Waals surface area contributed by atoms with E-state index in [1.54, 1.807) is 17.0 Å². The molecule has 4 nitrogen and oxygen atoms in total. The Morgan fingerprint density at radius 2 is 1.69 bits per heavy atom. The summed E-state index contributed by atoms with van der Waals surface area (Å²) in [4.78, 5) is 27.5. The third-order valence-corrected chi connectivity index (χ3v) is 7.12. The molecule has 2 aliphatic heterocycles. The third kappa shape index (κ3) is 3.52. The molecule has 2 aliphatic rings. The highest BCUT2D eigenvalue weighted by atomic mass is 35.5. The molecular weight excluding hydrogens is 433 g/mol. The van der Waals surface area contributed by atoms with Crippen LogP contribution in [0.15, 0.2) is 24.3 Å². The number of Topliss-reactive ketones (excluding diaryl/α,β-unsaturated/α-hetero) is 1. The van der Waals surface area contributed by atoms with E-state index in [-0.39, 0.29) is 32.3 Å². The average molecular weight is 453 g/mol. The van der Waals surface area contributed by atoms with Gasteiger partial charge in [0.05, 0.1) is 32.6 Å². The van der Waals surface area contributed by atoms with E-state index in [1.807, 2.05) is 26.0 Å². The van der Waals surface area contributed by atoms with Gasteiger partial charge in [0, 0.05) is 25.9 Å². The number of ketones is 1. The lowest BCUT2D eigenvalue weighted by Crippen LogP contribution is -2.52. The van der Waals surface area contributed by atoms with Gasteiger partial charge >= 0.3 is 0 Å². The van der Waals surface area contributed by atoms with Gasteiger partial charge in [0.25, 0.3) is 5.91 Å². The van der Waals surface area contributed by atoms with Crippen LogP contribution in [0.5, 0.6) is 5.75 Å². The fraction of sp³-hybridized carbons (Fsp3) is 0.364. The number of amides is 1. The van der Waals surface area contributed by atoms with Crippen LogP contribution in [-0.4, -0.2) is 35.3 Å². The number of hydrogen-bond acceptors (Lipinski definition) is 3. The van der Waals surface area contributed by atoms with Crippen molar-refractivity contribution < 1.29 is 14.3 Å². The topological polar surface area (TPSA) is 46.6 Å². The number of piperidine rings is 1. The largest absolute Gasteiger partial charge is 0.486 e. The van der Waals surface area contributed by atoms with E-state index in [2.05, 4.69) is 0 Å². The lowest BCUT2D eigenvalue weighted by Gasteiger charge is -2.44. The molecule has 1 amide bonds. The summed E-state index contributed by atoms with van der Waals surface area (Å²) in [5, 5.41) is 0.721. The fourth-order valence-corrected chi connectivity index (χ4v) is 4.75. The number of rotatable bonds is 1. The fourth-order valence-electron chi connectivity index (χ4n) is 4.06. The molecule has 152 valence electrons. The van der Waals surface area contributed by atoms with Crippen LogP contribution in [0, 0.1) is 13.8 Å². The second kappa shape index (κ2) is 7.50. The van der Waals surface area contributed by atoms with Gasteiger partial charge in [-0.2, -0.15) is 0 Å². The lowest BCUT2D eigenvalue weighted by atomic mass is 9.81. The third-order valence-electron chi connectivity index (χ3n) is 6.00. The maximum absolute atomic E-state index is 13.0. The molecule has 0 bridgehead atoms. The molecule has 0 saturated carbocycles. The zero-order chi connectivity index (χ0) is 20.9. The Morgan fingerprint density at radius 3 is 2.38 bits per heavy atom. The second-order valence-electron chi connectivity index (χ2n) is 7.78. The Morgan fingerprint density at radius 1 is 1.03 bits per heavy atom. The van der Waals surface area contributed by atoms with Crippen molar-refractivity contribution in [3.05, 3.63) is 61.6 Å². The van der Waals surface area contributed by atoms with Gasteiger partial charge in [-0.05, 0) is 43.2 Å². The number of likely N-dealkylation sites (tertiary alicyclic amines) is 1. The Bertz CT molecular complexity index is 1030. The predicted molar refractivity (Wildman–Crippen MR) is 115 cm³/mol. The monoisotopic (exact) mass is 451 g/mol. The molecule has 0 aromatic heterocycles. The van der Waals surface area contributed by atoms with Gasteiger partial charge in [-0.25, -0.2) is 0 Å². The first kappa shape index (κ1) is 20.5. The molecule has 1 fully saturated rings. The minimum absolute atomic E-state index is 0.0926. The summed E-state index contributed by atoms with van der Waals surface area (Å²) in [6.07, 6.45) is 1.45. The summed E-state index contributed by atoms with van der Waals surface area (Å²) in [6, 6.07) is 6.93.